The first kappa shape index (κ1) is 19.2. The summed E-state index contributed by atoms with van der Waals surface area (Å²) in [5.41, 5.74) is -0.682. The van der Waals surface area contributed by atoms with Gasteiger partial charge in [0.2, 0.25) is 5.72 Å². The first-order chi connectivity index (χ1) is 9.45. The third-order valence-electron chi connectivity index (χ3n) is 3.97. The molecule has 0 aromatic heterocycles. The van der Waals surface area contributed by atoms with Gasteiger partial charge in [-0.1, -0.05) is 33.8 Å². The van der Waals surface area contributed by atoms with Crippen molar-refractivity contribution < 1.29 is 14.0 Å². The van der Waals surface area contributed by atoms with Crippen molar-refractivity contribution in [3.05, 3.63) is 19.1 Å². The molecular weight excluding hydrogens is 250 g/mol. The van der Waals surface area contributed by atoms with Gasteiger partial charge in [0.1, 0.15) is 0 Å². The highest BCUT2D eigenvalue weighted by Crippen LogP contribution is 2.31. The molecule has 0 saturated carbocycles. The van der Waals surface area contributed by atoms with Crippen LogP contribution in [0, 0.1) is 6.92 Å². The molecule has 0 aliphatic heterocycles. The van der Waals surface area contributed by atoms with Gasteiger partial charge in [0.15, 0.2) is 0 Å². The van der Waals surface area contributed by atoms with Gasteiger partial charge >= 0.3 is 5.97 Å². The molecule has 1 atom stereocenters. The number of esters is 1. The van der Waals surface area contributed by atoms with Crippen LogP contribution in [0.5, 0.6) is 0 Å². The predicted octanol–water partition coefficient (Wildman–Crippen LogP) is 4.09. The van der Waals surface area contributed by atoms with Crippen LogP contribution < -0.4 is 0 Å². The van der Waals surface area contributed by atoms with Gasteiger partial charge in [-0.2, -0.15) is 0 Å². The molecule has 0 rings (SSSR count). The molecule has 0 N–H and O–H groups in total. The topological polar surface area (TPSA) is 26.3 Å². The van der Waals surface area contributed by atoms with E-state index in [0.717, 1.165) is 49.8 Å². The summed E-state index contributed by atoms with van der Waals surface area (Å²) in [6.45, 7) is 17.8. The molecule has 0 bridgehead atoms. The van der Waals surface area contributed by atoms with E-state index in [-0.39, 0.29) is 5.97 Å². The van der Waals surface area contributed by atoms with Gasteiger partial charge < -0.3 is 4.74 Å². The van der Waals surface area contributed by atoms with E-state index in [0.29, 0.717) is 0 Å². The minimum absolute atomic E-state index is 0.282. The zero-order chi connectivity index (χ0) is 15.6. The predicted molar refractivity (Wildman–Crippen MR) is 85.0 cm³/mol. The molecular formula is C17H33NO2+. The van der Waals surface area contributed by atoms with Crippen LogP contribution in [0.4, 0.5) is 0 Å². The van der Waals surface area contributed by atoms with Crippen molar-refractivity contribution in [1.29, 1.82) is 0 Å². The van der Waals surface area contributed by atoms with Crippen LogP contribution >= 0.6 is 0 Å². The summed E-state index contributed by atoms with van der Waals surface area (Å²) in [5.74, 6) is -0.282. The molecule has 0 aromatic rings. The number of hydrogen-bond acceptors (Lipinski definition) is 2. The van der Waals surface area contributed by atoms with Crippen molar-refractivity contribution in [3.8, 4) is 0 Å². The van der Waals surface area contributed by atoms with Crippen molar-refractivity contribution in [3.63, 3.8) is 0 Å². The molecule has 0 aromatic carbocycles. The summed E-state index contributed by atoms with van der Waals surface area (Å²) in [7, 11) is 0. The van der Waals surface area contributed by atoms with E-state index < -0.39 is 5.72 Å². The lowest BCUT2D eigenvalue weighted by atomic mass is 10.0. The van der Waals surface area contributed by atoms with Crippen LogP contribution in [-0.2, 0) is 9.53 Å². The lowest BCUT2D eigenvalue weighted by Gasteiger charge is -2.50. The maximum atomic E-state index is 11.9. The minimum atomic E-state index is -0.682. The molecule has 0 spiro atoms. The van der Waals surface area contributed by atoms with Gasteiger partial charge in [-0.3, -0.25) is 4.48 Å². The zero-order valence-electron chi connectivity index (χ0n) is 14.1. The Bertz CT molecular complexity index is 295. The lowest BCUT2D eigenvalue weighted by Crippen LogP contribution is -2.65. The standard InChI is InChI=1S/C17H33NO2/c1-7-12-16(19)20-17(6,11-5)18(13-8-2,14-9-3)15-10-4/h7,12H,6,8-11,13-15H2,1-5H3/q+1. The second-order valence-corrected chi connectivity index (χ2v) is 5.54. The number of hydrogen-bond donors (Lipinski definition) is 0. The van der Waals surface area contributed by atoms with Crippen molar-refractivity contribution in [2.75, 3.05) is 19.6 Å². The highest BCUT2D eigenvalue weighted by Gasteiger charge is 2.47. The van der Waals surface area contributed by atoms with Crippen molar-refractivity contribution in [1.82, 2.24) is 0 Å². The highest BCUT2D eigenvalue weighted by molar-refractivity contribution is 5.82. The Kier molecular flexibility index (Phi) is 8.79. The summed E-state index contributed by atoms with van der Waals surface area (Å²) < 4.78 is 6.56. The summed E-state index contributed by atoms with van der Waals surface area (Å²) in [4.78, 5) is 11.9. The van der Waals surface area contributed by atoms with E-state index in [2.05, 4.69) is 34.6 Å². The van der Waals surface area contributed by atoms with Gasteiger partial charge in [-0.15, -0.1) is 0 Å². The Morgan fingerprint density at radius 2 is 1.55 bits per heavy atom. The minimum Gasteiger partial charge on any atom is -0.407 e. The van der Waals surface area contributed by atoms with Gasteiger partial charge in [0.05, 0.1) is 26.6 Å². The number of ether oxygens (including phenoxy) is 1. The van der Waals surface area contributed by atoms with Crippen molar-refractivity contribution in [2.24, 2.45) is 0 Å². The Morgan fingerprint density at radius 1 is 1.10 bits per heavy atom. The summed E-state index contributed by atoms with van der Waals surface area (Å²) >= 11 is 0. The highest BCUT2D eigenvalue weighted by atomic mass is 16.6. The molecule has 0 fully saturated rings. The normalized spacial score (nSPS) is 15.3. The third-order valence-corrected chi connectivity index (χ3v) is 3.97. The number of carbonyl (C=O) groups is 1. The lowest BCUT2D eigenvalue weighted by molar-refractivity contribution is -0.991. The van der Waals surface area contributed by atoms with E-state index in [1.165, 1.54) is 6.08 Å². The van der Waals surface area contributed by atoms with Crippen molar-refractivity contribution in [2.45, 2.75) is 66.0 Å². The number of nitrogens with zero attached hydrogens (tertiary/aromatic N) is 1. The van der Waals surface area contributed by atoms with Crippen LogP contribution in [-0.4, -0.2) is 35.8 Å². The number of quaternary nitrogens is 1. The van der Waals surface area contributed by atoms with Gasteiger partial charge in [0.25, 0.3) is 0 Å². The number of allylic oxidation sites excluding steroid dienone is 1. The molecule has 117 valence electrons. The Hall–Kier alpha value is -0.830. The second-order valence-electron chi connectivity index (χ2n) is 5.54. The average Bonchev–Trinajstić information content (AvgIpc) is 2.39. The maximum Gasteiger partial charge on any atom is 0.335 e. The zero-order valence-corrected chi connectivity index (χ0v) is 14.1. The molecule has 0 amide bonds. The number of rotatable bonds is 10. The monoisotopic (exact) mass is 283 g/mol. The first-order valence-corrected chi connectivity index (χ1v) is 8.02. The fraction of sp³-hybridized carbons (Fsp3) is 0.765. The Balaban J connectivity index is 5.45. The summed E-state index contributed by atoms with van der Waals surface area (Å²) in [5, 5.41) is 0. The molecule has 0 aliphatic rings. The van der Waals surface area contributed by atoms with Crippen molar-refractivity contribution >= 4 is 5.97 Å². The van der Waals surface area contributed by atoms with Crippen LogP contribution in [0.3, 0.4) is 0 Å². The van der Waals surface area contributed by atoms with E-state index in [1.54, 1.807) is 6.08 Å². The molecule has 1 radical (unpaired) electrons. The fourth-order valence-electron chi connectivity index (χ4n) is 3.09. The quantitative estimate of drug-likeness (QED) is 0.261. The first-order valence-electron chi connectivity index (χ1n) is 8.02. The van der Waals surface area contributed by atoms with Crippen LogP contribution in [0.25, 0.3) is 0 Å². The SMILES string of the molecule is [CH2]C(CC)(OC(=O)C=CC)[N+](CCC)(CCC)CCC. The van der Waals surface area contributed by atoms with Crippen LogP contribution in [0.1, 0.15) is 60.3 Å². The van der Waals surface area contributed by atoms with Gasteiger partial charge in [-0.25, -0.2) is 4.79 Å². The molecule has 0 heterocycles. The maximum absolute atomic E-state index is 11.9. The Labute approximate surface area is 125 Å². The Morgan fingerprint density at radius 3 is 1.85 bits per heavy atom. The molecule has 0 aliphatic carbocycles. The van der Waals surface area contributed by atoms with E-state index >= 15 is 0 Å². The molecule has 3 heteroatoms. The van der Waals surface area contributed by atoms with Crippen LogP contribution in [0.2, 0.25) is 0 Å². The molecule has 0 saturated heterocycles. The van der Waals surface area contributed by atoms with E-state index in [4.69, 9.17) is 4.74 Å². The average molecular weight is 283 g/mol. The summed E-state index contributed by atoms with van der Waals surface area (Å²) in [6, 6.07) is 0. The largest absolute Gasteiger partial charge is 0.407 e. The molecule has 1 unspecified atom stereocenters. The molecule has 3 nitrogen and oxygen atoms in total. The number of carbonyl (C=O) groups excluding carboxylic acids is 1. The summed E-state index contributed by atoms with van der Waals surface area (Å²) in [6.07, 6.45) is 7.13. The van der Waals surface area contributed by atoms with Gasteiger partial charge in [-0.05, 0) is 26.2 Å². The fourth-order valence-corrected chi connectivity index (χ4v) is 3.09. The smallest absolute Gasteiger partial charge is 0.335 e. The van der Waals surface area contributed by atoms with Crippen LogP contribution in [0.15, 0.2) is 12.2 Å². The van der Waals surface area contributed by atoms with Gasteiger partial charge in [0, 0.05) is 12.5 Å². The third kappa shape index (κ3) is 4.62. The second kappa shape index (κ2) is 9.17. The van der Waals surface area contributed by atoms with E-state index in [9.17, 15) is 4.79 Å². The van der Waals surface area contributed by atoms with E-state index in [1.807, 2.05) is 6.92 Å². The molecule has 20 heavy (non-hydrogen) atoms.